The highest BCUT2D eigenvalue weighted by atomic mass is 16.5. The molecule has 0 saturated carbocycles. The third kappa shape index (κ3) is 4.05. The van der Waals surface area contributed by atoms with Crippen LogP contribution in [0.25, 0.3) is 22.2 Å². The van der Waals surface area contributed by atoms with Crippen molar-refractivity contribution in [1.29, 1.82) is 0 Å². The van der Waals surface area contributed by atoms with Crippen LogP contribution in [0.2, 0.25) is 0 Å². The minimum absolute atomic E-state index is 0.262. The van der Waals surface area contributed by atoms with E-state index in [1.807, 2.05) is 48.5 Å². The fraction of sp³-hybridized carbons (Fsp3) is 0.280. The maximum absolute atomic E-state index is 13.3. The Morgan fingerprint density at radius 1 is 0.909 bits per heavy atom. The summed E-state index contributed by atoms with van der Waals surface area (Å²) in [5, 5.41) is 0.516. The van der Waals surface area contributed by atoms with Gasteiger partial charge in [0.25, 0.3) is 5.56 Å². The number of nitrogens with zero attached hydrogens (tertiary/aromatic N) is 3. The van der Waals surface area contributed by atoms with Crippen molar-refractivity contribution in [3.8, 4) is 16.9 Å². The predicted molar refractivity (Wildman–Crippen MR) is 130 cm³/mol. The van der Waals surface area contributed by atoms with E-state index < -0.39 is 0 Å². The number of benzene rings is 2. The third-order valence-corrected chi connectivity index (χ3v) is 6.34. The molecule has 170 valence electrons. The number of piperazine rings is 1. The fourth-order valence-electron chi connectivity index (χ4n) is 4.54. The van der Waals surface area contributed by atoms with Crippen molar-refractivity contribution < 1.29 is 4.74 Å². The van der Waals surface area contributed by atoms with E-state index in [-0.39, 0.29) is 11.2 Å². The number of nitrogens with one attached hydrogen (secondary N) is 2. The first kappa shape index (κ1) is 21.1. The van der Waals surface area contributed by atoms with E-state index >= 15 is 0 Å². The van der Waals surface area contributed by atoms with Gasteiger partial charge in [0.05, 0.1) is 18.2 Å². The van der Waals surface area contributed by atoms with Gasteiger partial charge < -0.3 is 14.6 Å². The lowest BCUT2D eigenvalue weighted by molar-refractivity contribution is 0.245. The maximum Gasteiger partial charge on any atom is 0.329 e. The maximum atomic E-state index is 13.3. The van der Waals surface area contributed by atoms with Crippen LogP contribution >= 0.6 is 0 Å². The topological polar surface area (TPSA) is 86.4 Å². The number of hydrogen-bond acceptors (Lipinski definition) is 5. The van der Waals surface area contributed by atoms with E-state index in [1.165, 1.54) is 4.57 Å². The van der Waals surface area contributed by atoms with E-state index in [9.17, 15) is 9.59 Å². The molecule has 1 saturated heterocycles. The molecule has 1 aliphatic heterocycles. The average molecular weight is 446 g/mol. The van der Waals surface area contributed by atoms with Gasteiger partial charge in [0.2, 0.25) is 0 Å². The summed E-state index contributed by atoms with van der Waals surface area (Å²) < 4.78 is 6.81. The number of ether oxygens (including phenoxy) is 1. The van der Waals surface area contributed by atoms with Gasteiger partial charge in [-0.3, -0.25) is 19.2 Å². The van der Waals surface area contributed by atoms with Crippen molar-refractivity contribution in [3.63, 3.8) is 0 Å². The van der Waals surface area contributed by atoms with E-state index in [0.717, 1.165) is 48.7 Å². The summed E-state index contributed by atoms with van der Waals surface area (Å²) in [6.45, 7) is 4.41. The zero-order valence-corrected chi connectivity index (χ0v) is 18.6. The van der Waals surface area contributed by atoms with Gasteiger partial charge in [-0.1, -0.05) is 42.5 Å². The van der Waals surface area contributed by atoms with Crippen molar-refractivity contribution >= 4 is 16.7 Å². The molecule has 0 spiro atoms. The lowest BCUT2D eigenvalue weighted by atomic mass is 10.1. The number of anilines is 1. The van der Waals surface area contributed by atoms with Gasteiger partial charge in [-0.2, -0.15) is 0 Å². The van der Waals surface area contributed by atoms with Gasteiger partial charge in [0.1, 0.15) is 11.4 Å². The van der Waals surface area contributed by atoms with Crippen molar-refractivity contribution in [2.45, 2.75) is 6.54 Å². The SMILES string of the molecule is COc1ccccc1N1CCN(CCn2c(=O)[nH]c3[nH]cc(-c4ccccc4)c3c2=O)CC1. The molecule has 8 nitrogen and oxygen atoms in total. The zero-order valence-electron chi connectivity index (χ0n) is 18.6. The summed E-state index contributed by atoms with van der Waals surface area (Å²) in [6.07, 6.45) is 1.78. The molecule has 33 heavy (non-hydrogen) atoms. The van der Waals surface area contributed by atoms with Crippen LogP contribution in [-0.2, 0) is 6.54 Å². The van der Waals surface area contributed by atoms with Crippen LogP contribution < -0.4 is 20.9 Å². The number of para-hydroxylation sites is 2. The molecule has 0 bridgehead atoms. The Kier molecular flexibility index (Phi) is 5.75. The summed E-state index contributed by atoms with van der Waals surface area (Å²) in [4.78, 5) is 36.4. The highest BCUT2D eigenvalue weighted by Gasteiger charge is 2.20. The molecule has 1 fully saturated rings. The Morgan fingerprint density at radius 3 is 2.39 bits per heavy atom. The van der Waals surface area contributed by atoms with E-state index in [1.54, 1.807) is 13.3 Å². The molecule has 0 aliphatic carbocycles. The Labute approximate surface area is 191 Å². The number of hydrogen-bond donors (Lipinski definition) is 2. The largest absolute Gasteiger partial charge is 0.495 e. The molecule has 0 amide bonds. The molecule has 2 N–H and O–H groups in total. The van der Waals surface area contributed by atoms with Crippen LogP contribution in [-0.4, -0.2) is 59.3 Å². The molecule has 4 aromatic rings. The first-order chi connectivity index (χ1) is 16.2. The second kappa shape index (κ2) is 8.99. The van der Waals surface area contributed by atoms with Crippen molar-refractivity contribution in [3.05, 3.63) is 81.6 Å². The molecule has 0 unspecified atom stereocenters. The van der Waals surface area contributed by atoms with Gasteiger partial charge in [0.15, 0.2) is 0 Å². The highest BCUT2D eigenvalue weighted by Crippen LogP contribution is 2.28. The summed E-state index contributed by atoms with van der Waals surface area (Å²) in [5.74, 6) is 0.873. The Bertz CT molecular complexity index is 1360. The Balaban J connectivity index is 1.31. The molecule has 3 heterocycles. The average Bonchev–Trinajstić information content (AvgIpc) is 3.29. The highest BCUT2D eigenvalue weighted by molar-refractivity contribution is 5.92. The van der Waals surface area contributed by atoms with Gasteiger partial charge in [-0.15, -0.1) is 0 Å². The predicted octanol–water partition coefficient (Wildman–Crippen LogP) is 2.52. The minimum Gasteiger partial charge on any atom is -0.495 e. The summed E-state index contributed by atoms with van der Waals surface area (Å²) >= 11 is 0. The fourth-order valence-corrected chi connectivity index (χ4v) is 4.54. The quantitative estimate of drug-likeness (QED) is 0.476. The Hall–Kier alpha value is -3.78. The molecule has 0 radical (unpaired) electrons. The number of fused-ring (bicyclic) bond motifs is 1. The van der Waals surface area contributed by atoms with Crippen LogP contribution in [0.5, 0.6) is 5.75 Å². The first-order valence-electron chi connectivity index (χ1n) is 11.2. The van der Waals surface area contributed by atoms with E-state index in [2.05, 4.69) is 25.8 Å². The van der Waals surface area contributed by atoms with Gasteiger partial charge >= 0.3 is 5.69 Å². The number of aromatic amines is 2. The third-order valence-electron chi connectivity index (χ3n) is 6.34. The van der Waals surface area contributed by atoms with Crippen molar-refractivity contribution in [1.82, 2.24) is 19.4 Å². The second-order valence-corrected chi connectivity index (χ2v) is 8.21. The van der Waals surface area contributed by atoms with E-state index in [4.69, 9.17) is 4.74 Å². The molecule has 5 rings (SSSR count). The summed E-state index contributed by atoms with van der Waals surface area (Å²) in [6, 6.07) is 17.8. The van der Waals surface area contributed by atoms with Gasteiger partial charge in [-0.05, 0) is 17.7 Å². The first-order valence-corrected chi connectivity index (χ1v) is 11.2. The second-order valence-electron chi connectivity index (χ2n) is 8.21. The lowest BCUT2D eigenvalue weighted by Crippen LogP contribution is -2.48. The molecular weight excluding hydrogens is 418 g/mol. The van der Waals surface area contributed by atoms with Crippen molar-refractivity contribution in [2.24, 2.45) is 0 Å². The lowest BCUT2D eigenvalue weighted by Gasteiger charge is -2.36. The molecule has 0 atom stereocenters. The van der Waals surface area contributed by atoms with Gasteiger partial charge in [0, 0.05) is 51.0 Å². The zero-order chi connectivity index (χ0) is 22.8. The molecule has 2 aromatic heterocycles. The number of H-pyrrole nitrogens is 2. The standard InChI is InChI=1S/C25H27N5O3/c1-33-21-10-6-5-9-20(21)29-14-11-28(12-15-29)13-16-30-24(31)22-19(18-7-3-2-4-8-18)17-26-23(22)27-25(30)32/h2-10,17,26H,11-16H2,1H3,(H,27,32). The minimum atomic E-state index is -0.387. The van der Waals surface area contributed by atoms with Gasteiger partial charge in [-0.25, -0.2) is 4.79 Å². The number of methoxy groups -OCH3 is 1. The molecule has 1 aliphatic rings. The van der Waals surface area contributed by atoms with Crippen LogP contribution in [0.3, 0.4) is 0 Å². The smallest absolute Gasteiger partial charge is 0.329 e. The normalized spacial score (nSPS) is 14.6. The molecule has 8 heteroatoms. The van der Waals surface area contributed by atoms with Crippen LogP contribution in [0.1, 0.15) is 0 Å². The summed E-state index contributed by atoms with van der Waals surface area (Å²) in [7, 11) is 1.69. The van der Waals surface area contributed by atoms with Crippen LogP contribution in [0.4, 0.5) is 5.69 Å². The molecular formula is C25H27N5O3. The van der Waals surface area contributed by atoms with E-state index in [0.29, 0.717) is 24.1 Å². The number of rotatable bonds is 6. The Morgan fingerprint density at radius 2 is 1.64 bits per heavy atom. The number of aromatic nitrogens is 3. The monoisotopic (exact) mass is 445 g/mol. The van der Waals surface area contributed by atoms with Crippen LogP contribution in [0, 0.1) is 0 Å². The summed E-state index contributed by atoms with van der Waals surface area (Å²) in [5.41, 5.74) is 2.64. The van der Waals surface area contributed by atoms with Crippen molar-refractivity contribution in [2.75, 3.05) is 44.7 Å². The molecule has 2 aromatic carbocycles. The van der Waals surface area contributed by atoms with Crippen LogP contribution in [0.15, 0.2) is 70.4 Å².